The van der Waals surface area contributed by atoms with E-state index in [1.807, 2.05) is 16.7 Å². The minimum atomic E-state index is -3.08. The summed E-state index contributed by atoms with van der Waals surface area (Å²) in [6.45, 7) is 3.74. The quantitative estimate of drug-likeness (QED) is 0.741. The molecule has 1 amide bonds. The van der Waals surface area contributed by atoms with Crippen molar-refractivity contribution in [1.82, 2.24) is 4.90 Å². The molecule has 0 radical (unpaired) electrons. The lowest BCUT2D eigenvalue weighted by Gasteiger charge is -2.24. The highest BCUT2D eigenvalue weighted by Crippen LogP contribution is 2.26. The van der Waals surface area contributed by atoms with Gasteiger partial charge in [-0.25, -0.2) is 8.42 Å². The third kappa shape index (κ3) is 5.15. The maximum atomic E-state index is 12.4. The van der Waals surface area contributed by atoms with E-state index >= 15 is 0 Å². The molecule has 2 fully saturated rings. The van der Waals surface area contributed by atoms with E-state index in [0.29, 0.717) is 5.25 Å². The van der Waals surface area contributed by atoms with Gasteiger partial charge in [-0.2, -0.15) is 11.8 Å². The maximum Gasteiger partial charge on any atom is 0.223 e. The number of amides is 1. The molecule has 22 heavy (non-hydrogen) atoms. The van der Waals surface area contributed by atoms with Gasteiger partial charge in [0.1, 0.15) is 0 Å². The molecule has 1 atom stereocenters. The zero-order valence-corrected chi connectivity index (χ0v) is 15.3. The largest absolute Gasteiger partial charge is 0.342 e. The van der Waals surface area contributed by atoms with Gasteiger partial charge in [0.2, 0.25) is 5.91 Å². The molecule has 1 aliphatic carbocycles. The summed E-state index contributed by atoms with van der Waals surface area (Å²) >= 11 is 1.92. The number of sulfone groups is 1. The van der Waals surface area contributed by atoms with Crippen LogP contribution in [0.2, 0.25) is 0 Å². The van der Waals surface area contributed by atoms with Gasteiger partial charge in [-0.1, -0.05) is 26.2 Å². The zero-order chi connectivity index (χ0) is 16.0. The van der Waals surface area contributed by atoms with Gasteiger partial charge in [-0.3, -0.25) is 4.79 Å². The molecule has 1 heterocycles. The van der Waals surface area contributed by atoms with E-state index in [0.717, 1.165) is 50.9 Å². The molecular formula is C16H29NO3S2. The molecule has 0 spiro atoms. The summed E-state index contributed by atoms with van der Waals surface area (Å²) < 4.78 is 24.6. The second-order valence-corrected chi connectivity index (χ2v) is 10.4. The Balaban J connectivity index is 1.85. The molecule has 6 heteroatoms. The van der Waals surface area contributed by atoms with Crippen molar-refractivity contribution in [2.75, 3.05) is 24.6 Å². The van der Waals surface area contributed by atoms with Crippen molar-refractivity contribution in [3.8, 4) is 0 Å². The first kappa shape index (κ1) is 18.1. The standard InChI is InChI=1S/C16H29NO3S2/c1-2-21-14-7-5-6-11-17(13-14)16(18)10-12-22(19,20)15-8-3-4-9-15/h14-15H,2-13H2,1H3. The Morgan fingerprint density at radius 3 is 2.50 bits per heavy atom. The van der Waals surface area contributed by atoms with Crippen LogP contribution in [0.25, 0.3) is 0 Å². The lowest BCUT2D eigenvalue weighted by atomic mass is 10.2. The van der Waals surface area contributed by atoms with Crippen molar-refractivity contribution in [3.05, 3.63) is 0 Å². The number of thioether (sulfide) groups is 1. The SMILES string of the molecule is CCSC1CCCCN(C(=O)CCS(=O)(=O)C2CCCC2)C1. The lowest BCUT2D eigenvalue weighted by Crippen LogP contribution is -2.37. The topological polar surface area (TPSA) is 54.5 Å². The van der Waals surface area contributed by atoms with Gasteiger partial charge in [0.25, 0.3) is 0 Å². The summed E-state index contributed by atoms with van der Waals surface area (Å²) in [4.78, 5) is 14.3. The highest BCUT2D eigenvalue weighted by molar-refractivity contribution is 7.99. The fourth-order valence-electron chi connectivity index (χ4n) is 3.50. The number of nitrogens with zero attached hydrogens (tertiary/aromatic N) is 1. The van der Waals surface area contributed by atoms with Crippen molar-refractivity contribution >= 4 is 27.5 Å². The first-order valence-electron chi connectivity index (χ1n) is 8.64. The van der Waals surface area contributed by atoms with E-state index in [-0.39, 0.29) is 23.3 Å². The van der Waals surface area contributed by atoms with E-state index in [2.05, 4.69) is 6.92 Å². The molecule has 2 rings (SSSR count). The van der Waals surface area contributed by atoms with E-state index in [9.17, 15) is 13.2 Å². The van der Waals surface area contributed by atoms with Crippen molar-refractivity contribution in [1.29, 1.82) is 0 Å². The van der Waals surface area contributed by atoms with Crippen molar-refractivity contribution in [2.24, 2.45) is 0 Å². The summed E-state index contributed by atoms with van der Waals surface area (Å²) in [5.74, 6) is 1.15. The molecule has 2 aliphatic rings. The van der Waals surface area contributed by atoms with Crippen molar-refractivity contribution in [2.45, 2.75) is 68.8 Å². The van der Waals surface area contributed by atoms with E-state index in [1.165, 1.54) is 12.8 Å². The van der Waals surface area contributed by atoms with Gasteiger partial charge in [-0.15, -0.1) is 0 Å². The number of hydrogen-bond acceptors (Lipinski definition) is 4. The van der Waals surface area contributed by atoms with Gasteiger partial charge >= 0.3 is 0 Å². The number of rotatable bonds is 6. The Hall–Kier alpha value is -0.230. The first-order chi connectivity index (χ1) is 10.5. The van der Waals surface area contributed by atoms with E-state index in [4.69, 9.17) is 0 Å². The van der Waals surface area contributed by atoms with Crippen LogP contribution in [0.4, 0.5) is 0 Å². The fraction of sp³-hybridized carbons (Fsp3) is 0.938. The highest BCUT2D eigenvalue weighted by atomic mass is 32.2. The molecule has 0 aromatic rings. The average molecular weight is 348 g/mol. The van der Waals surface area contributed by atoms with Crippen LogP contribution < -0.4 is 0 Å². The van der Waals surface area contributed by atoms with Crippen molar-refractivity contribution in [3.63, 3.8) is 0 Å². The van der Waals surface area contributed by atoms with Gasteiger partial charge in [0, 0.05) is 24.8 Å². The first-order valence-corrected chi connectivity index (χ1v) is 11.4. The molecule has 4 nitrogen and oxygen atoms in total. The number of hydrogen-bond donors (Lipinski definition) is 0. The minimum Gasteiger partial charge on any atom is -0.342 e. The Kier molecular flexibility index (Phi) is 7.06. The van der Waals surface area contributed by atoms with E-state index < -0.39 is 9.84 Å². The summed E-state index contributed by atoms with van der Waals surface area (Å²) in [7, 11) is -3.08. The predicted molar refractivity (Wildman–Crippen MR) is 93.0 cm³/mol. The van der Waals surface area contributed by atoms with Crippen LogP contribution >= 0.6 is 11.8 Å². The molecule has 0 aromatic heterocycles. The van der Waals surface area contributed by atoms with Crippen LogP contribution in [-0.4, -0.2) is 54.3 Å². The average Bonchev–Trinajstić information content (AvgIpc) is 2.94. The lowest BCUT2D eigenvalue weighted by molar-refractivity contribution is -0.130. The number of carbonyl (C=O) groups is 1. The Labute approximate surface area is 139 Å². The monoisotopic (exact) mass is 347 g/mol. The summed E-state index contributed by atoms with van der Waals surface area (Å²) in [6.07, 6.45) is 7.15. The van der Waals surface area contributed by atoms with E-state index in [1.54, 1.807) is 0 Å². The molecule has 0 N–H and O–H groups in total. The molecule has 1 aliphatic heterocycles. The molecule has 0 aromatic carbocycles. The van der Waals surface area contributed by atoms with Crippen LogP contribution in [0.1, 0.15) is 58.3 Å². The molecule has 1 saturated carbocycles. The van der Waals surface area contributed by atoms with Crippen LogP contribution in [0, 0.1) is 0 Å². The molecule has 1 saturated heterocycles. The molecular weight excluding hydrogens is 318 g/mol. The zero-order valence-electron chi connectivity index (χ0n) is 13.6. The van der Waals surface area contributed by atoms with Gasteiger partial charge in [0.15, 0.2) is 9.84 Å². The van der Waals surface area contributed by atoms with Gasteiger partial charge < -0.3 is 4.90 Å². The molecule has 0 bridgehead atoms. The Bertz CT molecular complexity index is 458. The maximum absolute atomic E-state index is 12.4. The van der Waals surface area contributed by atoms with Crippen molar-refractivity contribution < 1.29 is 13.2 Å². The minimum absolute atomic E-state index is 0.0326. The third-order valence-corrected chi connectivity index (χ3v) is 8.24. The Morgan fingerprint density at radius 1 is 1.14 bits per heavy atom. The smallest absolute Gasteiger partial charge is 0.223 e. The summed E-state index contributed by atoms with van der Waals surface area (Å²) in [6, 6.07) is 0. The fourth-order valence-corrected chi connectivity index (χ4v) is 6.44. The number of carbonyl (C=O) groups excluding carboxylic acids is 1. The second kappa shape index (κ2) is 8.57. The van der Waals surface area contributed by atoms with Gasteiger partial charge in [-0.05, 0) is 31.4 Å². The predicted octanol–water partition coefficient (Wildman–Crippen LogP) is 2.87. The summed E-state index contributed by atoms with van der Waals surface area (Å²) in [5, 5.41) is 0.329. The summed E-state index contributed by atoms with van der Waals surface area (Å²) in [5.41, 5.74) is 0. The van der Waals surface area contributed by atoms with Crippen LogP contribution in [-0.2, 0) is 14.6 Å². The third-order valence-electron chi connectivity index (χ3n) is 4.79. The molecule has 1 unspecified atom stereocenters. The Morgan fingerprint density at radius 2 is 1.82 bits per heavy atom. The van der Waals surface area contributed by atoms with Crippen LogP contribution in [0.15, 0.2) is 0 Å². The van der Waals surface area contributed by atoms with Crippen LogP contribution in [0.5, 0.6) is 0 Å². The second-order valence-electron chi connectivity index (χ2n) is 6.44. The van der Waals surface area contributed by atoms with Gasteiger partial charge in [0.05, 0.1) is 11.0 Å². The molecule has 128 valence electrons. The highest BCUT2D eigenvalue weighted by Gasteiger charge is 2.30. The number of likely N-dealkylation sites (tertiary alicyclic amines) is 1. The van der Waals surface area contributed by atoms with Crippen LogP contribution in [0.3, 0.4) is 0 Å². The normalized spacial score (nSPS) is 24.4.